The molecule has 0 heterocycles. The van der Waals surface area contributed by atoms with Crippen molar-refractivity contribution in [3.8, 4) is 11.5 Å². The molecule has 128 valence electrons. The van der Waals surface area contributed by atoms with Crippen molar-refractivity contribution in [3.63, 3.8) is 0 Å². The Hall–Kier alpha value is -2.54. The van der Waals surface area contributed by atoms with Gasteiger partial charge in [0, 0.05) is 0 Å². The molecular formula is C17H18O6S. The molecule has 0 spiro atoms. The van der Waals surface area contributed by atoms with Crippen LogP contribution in [0.5, 0.6) is 11.5 Å². The number of phenolic OH excluding ortho intramolecular Hbond substituents is 1. The molecule has 0 radical (unpaired) electrons. The van der Waals surface area contributed by atoms with Crippen molar-refractivity contribution < 1.29 is 27.8 Å². The molecule has 2 rings (SSSR count). The summed E-state index contributed by atoms with van der Waals surface area (Å²) in [6.45, 7) is 3.23. The molecule has 7 heteroatoms. The molecule has 0 fully saturated rings. The van der Waals surface area contributed by atoms with Gasteiger partial charge in [-0.2, -0.15) is 0 Å². The van der Waals surface area contributed by atoms with Crippen molar-refractivity contribution in [2.75, 3.05) is 6.61 Å². The number of carbonyl (C=O) groups is 1. The normalized spacial score (nSPS) is 11.3. The topological polar surface area (TPSA) is 89.9 Å². The highest BCUT2D eigenvalue weighted by molar-refractivity contribution is 7.91. The standard InChI is InChI=1S/C17H18O6S/c1-12(2)23-17(19)11-22-14-5-9-16(10-6-14)24(20,21)15-7-3-13(18)4-8-15/h3-10,12,18H,11H2,1-2H3. The van der Waals surface area contributed by atoms with E-state index in [2.05, 4.69) is 0 Å². The van der Waals surface area contributed by atoms with E-state index in [-0.39, 0.29) is 28.3 Å². The van der Waals surface area contributed by atoms with E-state index in [0.717, 1.165) is 0 Å². The van der Waals surface area contributed by atoms with Gasteiger partial charge in [0.15, 0.2) is 6.61 Å². The number of rotatable bonds is 6. The van der Waals surface area contributed by atoms with Crippen molar-refractivity contribution in [1.29, 1.82) is 0 Å². The number of benzene rings is 2. The van der Waals surface area contributed by atoms with Gasteiger partial charge in [-0.25, -0.2) is 13.2 Å². The summed E-state index contributed by atoms with van der Waals surface area (Å²) >= 11 is 0. The Morgan fingerprint density at radius 3 is 2.00 bits per heavy atom. The molecule has 0 unspecified atom stereocenters. The Morgan fingerprint density at radius 2 is 1.50 bits per heavy atom. The lowest BCUT2D eigenvalue weighted by atomic mass is 10.3. The Bertz CT molecular complexity index is 792. The third-order valence-corrected chi connectivity index (χ3v) is 4.79. The molecule has 0 atom stereocenters. The van der Waals surface area contributed by atoms with E-state index >= 15 is 0 Å². The van der Waals surface area contributed by atoms with E-state index in [4.69, 9.17) is 9.47 Å². The fourth-order valence-corrected chi connectivity index (χ4v) is 3.18. The molecule has 0 aliphatic heterocycles. The number of carbonyl (C=O) groups excluding carboxylic acids is 1. The van der Waals surface area contributed by atoms with Crippen LogP contribution in [-0.2, 0) is 19.4 Å². The highest BCUT2D eigenvalue weighted by Gasteiger charge is 2.17. The van der Waals surface area contributed by atoms with E-state index < -0.39 is 15.8 Å². The van der Waals surface area contributed by atoms with Crippen LogP contribution in [0.15, 0.2) is 58.3 Å². The third kappa shape index (κ3) is 4.48. The van der Waals surface area contributed by atoms with Gasteiger partial charge in [-0.05, 0) is 62.4 Å². The largest absolute Gasteiger partial charge is 0.508 e. The molecule has 2 aromatic rings. The van der Waals surface area contributed by atoms with Gasteiger partial charge in [0.05, 0.1) is 15.9 Å². The fraction of sp³-hybridized carbons (Fsp3) is 0.235. The molecule has 0 amide bonds. The predicted octanol–water partition coefficient (Wildman–Crippen LogP) is 2.56. The van der Waals surface area contributed by atoms with Gasteiger partial charge in [-0.3, -0.25) is 0 Å². The summed E-state index contributed by atoms with van der Waals surface area (Å²) in [4.78, 5) is 11.6. The minimum atomic E-state index is -3.68. The summed E-state index contributed by atoms with van der Waals surface area (Å²) in [5, 5.41) is 9.24. The first kappa shape index (κ1) is 17.8. The van der Waals surface area contributed by atoms with Crippen LogP contribution in [0.1, 0.15) is 13.8 Å². The molecular weight excluding hydrogens is 332 g/mol. The molecule has 2 aromatic carbocycles. The Balaban J connectivity index is 2.08. The third-order valence-electron chi connectivity index (χ3n) is 3.00. The number of phenols is 1. The SMILES string of the molecule is CC(C)OC(=O)COc1ccc(S(=O)(=O)c2ccc(O)cc2)cc1. The summed E-state index contributed by atoms with van der Waals surface area (Å²) in [6.07, 6.45) is -0.223. The molecule has 0 aliphatic carbocycles. The zero-order valence-corrected chi connectivity index (χ0v) is 14.1. The maximum Gasteiger partial charge on any atom is 0.344 e. The van der Waals surface area contributed by atoms with Gasteiger partial charge >= 0.3 is 5.97 Å². The smallest absolute Gasteiger partial charge is 0.344 e. The van der Waals surface area contributed by atoms with Crippen LogP contribution in [-0.4, -0.2) is 32.2 Å². The lowest BCUT2D eigenvalue weighted by Gasteiger charge is -2.10. The van der Waals surface area contributed by atoms with Gasteiger partial charge in [0.25, 0.3) is 0 Å². The van der Waals surface area contributed by atoms with Gasteiger partial charge < -0.3 is 14.6 Å². The lowest BCUT2D eigenvalue weighted by molar-refractivity contribution is -0.149. The van der Waals surface area contributed by atoms with Gasteiger partial charge in [-0.15, -0.1) is 0 Å². The summed E-state index contributed by atoms with van der Waals surface area (Å²) in [5.74, 6) is -0.142. The monoisotopic (exact) mass is 350 g/mol. The molecule has 0 bridgehead atoms. The average Bonchev–Trinajstić information content (AvgIpc) is 2.53. The van der Waals surface area contributed by atoms with E-state index in [1.165, 1.54) is 48.5 Å². The van der Waals surface area contributed by atoms with Crippen LogP contribution in [0.2, 0.25) is 0 Å². The maximum absolute atomic E-state index is 12.4. The van der Waals surface area contributed by atoms with E-state index in [9.17, 15) is 18.3 Å². The number of esters is 1. The van der Waals surface area contributed by atoms with Crippen LogP contribution < -0.4 is 4.74 Å². The second-order valence-corrected chi connectivity index (χ2v) is 7.25. The molecule has 24 heavy (non-hydrogen) atoms. The number of hydrogen-bond donors (Lipinski definition) is 1. The molecule has 0 saturated heterocycles. The highest BCUT2D eigenvalue weighted by atomic mass is 32.2. The minimum absolute atomic E-state index is 0.00835. The lowest BCUT2D eigenvalue weighted by Crippen LogP contribution is -2.18. The van der Waals surface area contributed by atoms with Gasteiger partial charge in [-0.1, -0.05) is 0 Å². The second-order valence-electron chi connectivity index (χ2n) is 5.30. The van der Waals surface area contributed by atoms with Crippen molar-refractivity contribution in [3.05, 3.63) is 48.5 Å². The summed E-state index contributed by atoms with van der Waals surface area (Å²) in [5.41, 5.74) is 0. The quantitative estimate of drug-likeness (QED) is 0.805. The van der Waals surface area contributed by atoms with Crippen LogP contribution in [0, 0.1) is 0 Å². The Morgan fingerprint density at radius 1 is 1.00 bits per heavy atom. The zero-order chi connectivity index (χ0) is 17.7. The van der Waals surface area contributed by atoms with E-state index in [0.29, 0.717) is 5.75 Å². The number of sulfone groups is 1. The van der Waals surface area contributed by atoms with Crippen LogP contribution in [0.25, 0.3) is 0 Å². The first-order chi connectivity index (χ1) is 11.3. The van der Waals surface area contributed by atoms with Crippen molar-refractivity contribution >= 4 is 15.8 Å². The number of hydrogen-bond acceptors (Lipinski definition) is 6. The number of aromatic hydroxyl groups is 1. The molecule has 0 aromatic heterocycles. The van der Waals surface area contributed by atoms with Crippen LogP contribution in [0.3, 0.4) is 0 Å². The van der Waals surface area contributed by atoms with Crippen LogP contribution >= 0.6 is 0 Å². The first-order valence-corrected chi connectivity index (χ1v) is 8.74. The van der Waals surface area contributed by atoms with E-state index in [1.54, 1.807) is 13.8 Å². The maximum atomic E-state index is 12.4. The second kappa shape index (κ2) is 7.35. The predicted molar refractivity (Wildman–Crippen MR) is 86.7 cm³/mol. The highest BCUT2D eigenvalue weighted by Crippen LogP contribution is 2.24. The van der Waals surface area contributed by atoms with Crippen molar-refractivity contribution in [2.45, 2.75) is 29.7 Å². The molecule has 0 saturated carbocycles. The Labute approximate surface area is 140 Å². The molecule has 0 aliphatic rings. The number of ether oxygens (including phenoxy) is 2. The van der Waals surface area contributed by atoms with E-state index in [1.807, 2.05) is 0 Å². The first-order valence-electron chi connectivity index (χ1n) is 7.25. The van der Waals surface area contributed by atoms with Crippen molar-refractivity contribution in [1.82, 2.24) is 0 Å². The van der Waals surface area contributed by atoms with Gasteiger partial charge in [0.2, 0.25) is 9.84 Å². The summed E-state index contributed by atoms with van der Waals surface area (Å²) in [6, 6.07) is 11.0. The van der Waals surface area contributed by atoms with Crippen molar-refractivity contribution in [2.24, 2.45) is 0 Å². The molecule has 1 N–H and O–H groups in total. The summed E-state index contributed by atoms with van der Waals surface area (Å²) in [7, 11) is -3.68. The van der Waals surface area contributed by atoms with Crippen LogP contribution in [0.4, 0.5) is 0 Å². The Kier molecular flexibility index (Phi) is 5.46. The van der Waals surface area contributed by atoms with Gasteiger partial charge in [0.1, 0.15) is 11.5 Å². The zero-order valence-electron chi connectivity index (χ0n) is 13.3. The fourth-order valence-electron chi connectivity index (χ4n) is 1.92. The summed E-state index contributed by atoms with van der Waals surface area (Å²) < 4.78 is 35.1. The molecule has 6 nitrogen and oxygen atoms in total. The minimum Gasteiger partial charge on any atom is -0.508 e. The average molecular weight is 350 g/mol.